The van der Waals surface area contributed by atoms with Gasteiger partial charge in [-0.1, -0.05) is 11.6 Å². The number of benzene rings is 1. The molecule has 2 fully saturated rings. The van der Waals surface area contributed by atoms with Gasteiger partial charge in [0.1, 0.15) is 0 Å². The van der Waals surface area contributed by atoms with Crippen molar-refractivity contribution in [2.75, 3.05) is 25.1 Å². The maximum absolute atomic E-state index is 6.22. The summed E-state index contributed by atoms with van der Waals surface area (Å²) in [7, 11) is 0. The highest BCUT2D eigenvalue weighted by molar-refractivity contribution is 9.10. The number of aryl methyl sites for hydroxylation is 1. The molecule has 5 heteroatoms. The van der Waals surface area contributed by atoms with E-state index in [0.717, 1.165) is 59.8 Å². The van der Waals surface area contributed by atoms with Gasteiger partial charge in [0, 0.05) is 35.2 Å². The van der Waals surface area contributed by atoms with Crippen LogP contribution in [0.3, 0.4) is 0 Å². The number of ether oxygens (including phenoxy) is 2. The summed E-state index contributed by atoms with van der Waals surface area (Å²) >= 11 is 9.82. The van der Waals surface area contributed by atoms with Crippen LogP contribution in [0.15, 0.2) is 16.6 Å². The van der Waals surface area contributed by atoms with Crippen molar-refractivity contribution in [3.8, 4) is 0 Å². The normalized spacial score (nSPS) is 29.9. The summed E-state index contributed by atoms with van der Waals surface area (Å²) in [6, 6.07) is 4.45. The molecule has 1 N–H and O–H groups in total. The SMILES string of the molecule is Cc1cc(Br)c(NC2CCOC3(CCOC3)C2)cc1Cl. The maximum atomic E-state index is 6.22. The Kier molecular flexibility index (Phi) is 4.27. The summed E-state index contributed by atoms with van der Waals surface area (Å²) in [6.07, 6.45) is 3.01. The monoisotopic (exact) mass is 359 g/mol. The molecule has 1 spiro atoms. The van der Waals surface area contributed by atoms with Crippen LogP contribution in [0.5, 0.6) is 0 Å². The van der Waals surface area contributed by atoms with E-state index in [1.807, 2.05) is 13.0 Å². The van der Waals surface area contributed by atoms with E-state index in [1.165, 1.54) is 0 Å². The van der Waals surface area contributed by atoms with Crippen LogP contribution in [0.4, 0.5) is 5.69 Å². The molecule has 110 valence electrons. The Labute approximate surface area is 133 Å². The molecule has 1 aromatic rings. The second-order valence-corrected chi connectivity index (χ2v) is 7.01. The zero-order valence-corrected chi connectivity index (χ0v) is 13.9. The van der Waals surface area contributed by atoms with Gasteiger partial charge in [-0.3, -0.25) is 0 Å². The number of nitrogens with one attached hydrogen (secondary N) is 1. The summed E-state index contributed by atoms with van der Waals surface area (Å²) in [5.41, 5.74) is 2.06. The standard InChI is InChI=1S/C15H19BrClNO2/c1-10-6-12(16)14(7-13(10)17)18-11-2-4-20-15(8-11)3-5-19-9-15/h6-7,11,18H,2-5,8-9H2,1H3. The molecule has 20 heavy (non-hydrogen) atoms. The van der Waals surface area contributed by atoms with E-state index < -0.39 is 0 Å². The lowest BCUT2D eigenvalue weighted by Gasteiger charge is -2.38. The van der Waals surface area contributed by atoms with Crippen LogP contribution in [-0.4, -0.2) is 31.5 Å². The average Bonchev–Trinajstić information content (AvgIpc) is 2.84. The Morgan fingerprint density at radius 1 is 1.40 bits per heavy atom. The predicted octanol–water partition coefficient (Wildman–Crippen LogP) is 4.16. The molecule has 2 atom stereocenters. The summed E-state index contributed by atoms with van der Waals surface area (Å²) in [6.45, 7) is 4.34. The molecular formula is C15H19BrClNO2. The van der Waals surface area contributed by atoms with Crippen molar-refractivity contribution in [2.24, 2.45) is 0 Å². The second kappa shape index (κ2) is 5.84. The molecule has 0 saturated carbocycles. The van der Waals surface area contributed by atoms with Crippen molar-refractivity contribution in [1.82, 2.24) is 0 Å². The molecule has 2 saturated heterocycles. The lowest BCUT2D eigenvalue weighted by atomic mass is 9.89. The molecule has 0 radical (unpaired) electrons. The van der Waals surface area contributed by atoms with Gasteiger partial charge in [-0.2, -0.15) is 0 Å². The topological polar surface area (TPSA) is 30.5 Å². The molecule has 2 unspecified atom stereocenters. The number of hydrogen-bond acceptors (Lipinski definition) is 3. The largest absolute Gasteiger partial charge is 0.381 e. The van der Waals surface area contributed by atoms with Crippen molar-refractivity contribution < 1.29 is 9.47 Å². The summed E-state index contributed by atoms with van der Waals surface area (Å²) in [5, 5.41) is 4.39. The first-order valence-corrected chi connectivity index (χ1v) is 8.19. The third-order valence-corrected chi connectivity index (χ3v) is 5.23. The van der Waals surface area contributed by atoms with Gasteiger partial charge in [0.05, 0.1) is 17.9 Å². The maximum Gasteiger partial charge on any atom is 0.0956 e. The van der Waals surface area contributed by atoms with Gasteiger partial charge in [0.25, 0.3) is 0 Å². The van der Waals surface area contributed by atoms with E-state index in [1.54, 1.807) is 0 Å². The van der Waals surface area contributed by atoms with Crippen molar-refractivity contribution in [3.63, 3.8) is 0 Å². The summed E-state index contributed by atoms with van der Waals surface area (Å²) in [4.78, 5) is 0. The van der Waals surface area contributed by atoms with E-state index in [-0.39, 0.29) is 5.60 Å². The molecule has 0 aromatic heterocycles. The minimum atomic E-state index is -0.0725. The highest BCUT2D eigenvalue weighted by Crippen LogP contribution is 2.36. The fraction of sp³-hybridized carbons (Fsp3) is 0.600. The zero-order chi connectivity index (χ0) is 14.2. The molecule has 0 aliphatic carbocycles. The van der Waals surface area contributed by atoms with Gasteiger partial charge >= 0.3 is 0 Å². The Balaban J connectivity index is 1.73. The van der Waals surface area contributed by atoms with Gasteiger partial charge in [0.2, 0.25) is 0 Å². The lowest BCUT2D eigenvalue weighted by Crippen LogP contribution is -2.45. The quantitative estimate of drug-likeness (QED) is 0.859. The van der Waals surface area contributed by atoms with Crippen LogP contribution >= 0.6 is 27.5 Å². The zero-order valence-electron chi connectivity index (χ0n) is 11.5. The average molecular weight is 361 g/mol. The fourth-order valence-electron chi connectivity index (χ4n) is 2.99. The number of hydrogen-bond donors (Lipinski definition) is 1. The Hall–Kier alpha value is -0.290. The summed E-state index contributed by atoms with van der Waals surface area (Å²) < 4.78 is 12.5. The van der Waals surface area contributed by atoms with Crippen LogP contribution < -0.4 is 5.32 Å². The van der Waals surface area contributed by atoms with Crippen LogP contribution in [0.25, 0.3) is 0 Å². The highest BCUT2D eigenvalue weighted by atomic mass is 79.9. The van der Waals surface area contributed by atoms with E-state index in [4.69, 9.17) is 21.1 Å². The molecule has 3 rings (SSSR count). The minimum absolute atomic E-state index is 0.0725. The third kappa shape index (κ3) is 2.98. The summed E-state index contributed by atoms with van der Waals surface area (Å²) in [5.74, 6) is 0. The number of anilines is 1. The molecule has 3 nitrogen and oxygen atoms in total. The van der Waals surface area contributed by atoms with E-state index in [9.17, 15) is 0 Å². The van der Waals surface area contributed by atoms with Gasteiger partial charge in [-0.05, 0) is 53.4 Å². The molecule has 0 bridgehead atoms. The predicted molar refractivity (Wildman–Crippen MR) is 84.7 cm³/mol. The fourth-order valence-corrected chi connectivity index (χ4v) is 3.73. The Bertz CT molecular complexity index is 503. The molecule has 2 heterocycles. The van der Waals surface area contributed by atoms with Crippen molar-refractivity contribution in [3.05, 3.63) is 27.2 Å². The van der Waals surface area contributed by atoms with E-state index in [2.05, 4.69) is 27.3 Å². The smallest absolute Gasteiger partial charge is 0.0956 e. The number of halogens is 2. The third-order valence-electron chi connectivity index (χ3n) is 4.17. The molecule has 2 aliphatic heterocycles. The minimum Gasteiger partial charge on any atom is -0.381 e. The number of rotatable bonds is 2. The van der Waals surface area contributed by atoms with E-state index >= 15 is 0 Å². The van der Waals surface area contributed by atoms with Crippen LogP contribution in [-0.2, 0) is 9.47 Å². The van der Waals surface area contributed by atoms with Gasteiger partial charge in [0.15, 0.2) is 0 Å². The van der Waals surface area contributed by atoms with Gasteiger partial charge in [-0.15, -0.1) is 0 Å². The molecule has 0 amide bonds. The first-order valence-electron chi connectivity index (χ1n) is 7.02. The van der Waals surface area contributed by atoms with Crippen LogP contribution in [0.1, 0.15) is 24.8 Å². The van der Waals surface area contributed by atoms with Crippen LogP contribution in [0.2, 0.25) is 5.02 Å². The molecule has 2 aliphatic rings. The first-order chi connectivity index (χ1) is 9.58. The van der Waals surface area contributed by atoms with Crippen LogP contribution in [0, 0.1) is 6.92 Å². The van der Waals surface area contributed by atoms with E-state index in [0.29, 0.717) is 6.04 Å². The van der Waals surface area contributed by atoms with Gasteiger partial charge < -0.3 is 14.8 Å². The van der Waals surface area contributed by atoms with Crippen molar-refractivity contribution in [1.29, 1.82) is 0 Å². The highest BCUT2D eigenvalue weighted by Gasteiger charge is 2.41. The van der Waals surface area contributed by atoms with Crippen molar-refractivity contribution >= 4 is 33.2 Å². The first kappa shape index (κ1) is 14.6. The second-order valence-electron chi connectivity index (χ2n) is 5.75. The molecular weight excluding hydrogens is 342 g/mol. The van der Waals surface area contributed by atoms with Crippen molar-refractivity contribution in [2.45, 2.75) is 37.8 Å². The Morgan fingerprint density at radius 3 is 3.00 bits per heavy atom. The van der Waals surface area contributed by atoms with Gasteiger partial charge in [-0.25, -0.2) is 0 Å². The molecule has 1 aromatic carbocycles. The Morgan fingerprint density at radius 2 is 2.25 bits per heavy atom. The lowest BCUT2D eigenvalue weighted by molar-refractivity contribution is -0.0828.